The first-order chi connectivity index (χ1) is 9.99. The van der Waals surface area contributed by atoms with Crippen LogP contribution in [0.4, 0.5) is 0 Å². The molecule has 4 bridgehead atoms. The van der Waals surface area contributed by atoms with Crippen molar-refractivity contribution in [2.75, 3.05) is 26.2 Å². The number of hydrogen-bond acceptors (Lipinski definition) is 3. The van der Waals surface area contributed by atoms with Crippen molar-refractivity contribution in [1.29, 1.82) is 0 Å². The fourth-order valence-corrected chi connectivity index (χ4v) is 5.09. The zero-order valence-electron chi connectivity index (χ0n) is 12.6. The molecule has 5 rings (SSSR count). The van der Waals surface area contributed by atoms with Gasteiger partial charge in [-0.1, -0.05) is 43.6 Å². The van der Waals surface area contributed by atoms with Crippen molar-refractivity contribution >= 4 is 17.4 Å². The third-order valence-corrected chi connectivity index (χ3v) is 6.04. The van der Waals surface area contributed by atoms with E-state index in [-0.39, 0.29) is 17.0 Å². The second-order valence-electron chi connectivity index (χ2n) is 7.23. The van der Waals surface area contributed by atoms with Gasteiger partial charge < -0.3 is 0 Å². The van der Waals surface area contributed by atoms with Crippen LogP contribution < -0.4 is 0 Å². The summed E-state index contributed by atoms with van der Waals surface area (Å²) in [5.74, 6) is 0.489. The SMILES string of the molecule is CCC12CN3CC(C)(CN(C1)C3c1ccccc1Cl)C2=O. The van der Waals surface area contributed by atoms with Gasteiger partial charge in [-0.2, -0.15) is 0 Å². The average Bonchev–Trinajstić information content (AvgIpc) is 2.45. The second-order valence-corrected chi connectivity index (χ2v) is 7.64. The van der Waals surface area contributed by atoms with Gasteiger partial charge in [0.25, 0.3) is 0 Å². The molecule has 0 spiro atoms. The van der Waals surface area contributed by atoms with E-state index in [1.54, 1.807) is 0 Å². The molecule has 4 fully saturated rings. The summed E-state index contributed by atoms with van der Waals surface area (Å²) >= 11 is 6.43. The minimum absolute atomic E-state index is 0.164. The Morgan fingerprint density at radius 1 is 1.19 bits per heavy atom. The summed E-state index contributed by atoms with van der Waals surface area (Å²) in [7, 11) is 0. The number of piperidine rings is 2. The number of ketones is 1. The minimum Gasteiger partial charge on any atom is -0.298 e. The molecule has 1 aromatic rings. The molecule has 112 valence electrons. The van der Waals surface area contributed by atoms with E-state index in [1.807, 2.05) is 12.1 Å². The van der Waals surface area contributed by atoms with E-state index in [1.165, 1.54) is 5.56 Å². The lowest BCUT2D eigenvalue weighted by atomic mass is 9.60. The first-order valence-corrected chi connectivity index (χ1v) is 8.14. The summed E-state index contributed by atoms with van der Waals surface area (Å²) in [5, 5.41) is 0.831. The Kier molecular flexibility index (Phi) is 2.82. The van der Waals surface area contributed by atoms with Crippen LogP contribution in [0.1, 0.15) is 32.0 Å². The van der Waals surface area contributed by atoms with Gasteiger partial charge in [0.2, 0.25) is 0 Å². The largest absolute Gasteiger partial charge is 0.298 e. The molecule has 4 heteroatoms. The third-order valence-electron chi connectivity index (χ3n) is 5.70. The van der Waals surface area contributed by atoms with Crippen LogP contribution in [0.25, 0.3) is 0 Å². The van der Waals surface area contributed by atoms with E-state index in [2.05, 4.69) is 35.8 Å². The Bertz CT molecular complexity index is 599. The highest BCUT2D eigenvalue weighted by atomic mass is 35.5. The predicted octanol–water partition coefficient (Wildman–Crippen LogP) is 2.96. The van der Waals surface area contributed by atoms with Gasteiger partial charge in [-0.25, -0.2) is 0 Å². The molecule has 4 aliphatic rings. The van der Waals surface area contributed by atoms with Gasteiger partial charge in [0.05, 0.1) is 17.0 Å². The molecule has 0 saturated carbocycles. The van der Waals surface area contributed by atoms with Crippen molar-refractivity contribution in [3.63, 3.8) is 0 Å². The summed E-state index contributed by atoms with van der Waals surface area (Å²) in [4.78, 5) is 17.8. The Hall–Kier alpha value is -0.900. The summed E-state index contributed by atoms with van der Waals surface area (Å²) in [6.45, 7) is 7.77. The summed E-state index contributed by atoms with van der Waals surface area (Å²) < 4.78 is 0. The number of nitrogens with zero attached hydrogens (tertiary/aromatic N) is 2. The third kappa shape index (κ3) is 1.71. The zero-order chi connectivity index (χ0) is 14.8. The molecule has 2 unspecified atom stereocenters. The topological polar surface area (TPSA) is 23.6 Å². The Labute approximate surface area is 130 Å². The summed E-state index contributed by atoms with van der Waals surface area (Å²) in [6.07, 6.45) is 1.17. The Morgan fingerprint density at radius 3 is 2.38 bits per heavy atom. The van der Waals surface area contributed by atoms with Crippen molar-refractivity contribution in [2.45, 2.75) is 26.4 Å². The highest BCUT2D eigenvalue weighted by Crippen LogP contribution is 2.53. The van der Waals surface area contributed by atoms with Crippen LogP contribution in [0.2, 0.25) is 5.02 Å². The van der Waals surface area contributed by atoms with Crippen LogP contribution in [-0.4, -0.2) is 41.8 Å². The van der Waals surface area contributed by atoms with Gasteiger partial charge in [-0.15, -0.1) is 0 Å². The number of rotatable bonds is 2. The van der Waals surface area contributed by atoms with Gasteiger partial charge in [-0.3, -0.25) is 14.6 Å². The fraction of sp³-hybridized carbons (Fsp3) is 0.588. The van der Waals surface area contributed by atoms with Crippen LogP contribution in [0.15, 0.2) is 24.3 Å². The zero-order valence-corrected chi connectivity index (χ0v) is 13.4. The molecule has 0 radical (unpaired) electrons. The van der Waals surface area contributed by atoms with Gasteiger partial charge in [0.1, 0.15) is 5.78 Å². The average molecular weight is 305 g/mol. The molecule has 4 saturated heterocycles. The lowest BCUT2D eigenvalue weighted by Crippen LogP contribution is -2.76. The van der Waals surface area contributed by atoms with Crippen LogP contribution in [0, 0.1) is 10.8 Å². The number of benzene rings is 1. The number of carbonyl (C=O) groups excluding carboxylic acids is 1. The van der Waals surface area contributed by atoms with Crippen LogP contribution in [0.5, 0.6) is 0 Å². The van der Waals surface area contributed by atoms with E-state index in [0.29, 0.717) is 5.78 Å². The molecule has 0 amide bonds. The lowest BCUT2D eigenvalue weighted by molar-refractivity contribution is -0.200. The lowest BCUT2D eigenvalue weighted by Gasteiger charge is -2.65. The molecule has 0 aliphatic carbocycles. The molecular formula is C17H21ClN2O. The van der Waals surface area contributed by atoms with Crippen molar-refractivity contribution in [3.8, 4) is 0 Å². The number of carbonyl (C=O) groups is 1. The van der Waals surface area contributed by atoms with Crippen LogP contribution in [0.3, 0.4) is 0 Å². The highest BCUT2D eigenvalue weighted by molar-refractivity contribution is 6.31. The van der Waals surface area contributed by atoms with Crippen LogP contribution in [-0.2, 0) is 4.79 Å². The van der Waals surface area contributed by atoms with Crippen LogP contribution >= 0.6 is 11.6 Å². The maximum Gasteiger partial charge on any atom is 0.150 e. The molecule has 1 aromatic carbocycles. The van der Waals surface area contributed by atoms with E-state index in [9.17, 15) is 4.79 Å². The molecule has 3 nitrogen and oxygen atoms in total. The number of Topliss-reactive ketones (excluding diaryl/α,β-unsaturated/α-hetero) is 1. The van der Waals surface area contributed by atoms with Gasteiger partial charge in [0.15, 0.2) is 0 Å². The van der Waals surface area contributed by atoms with Gasteiger partial charge in [-0.05, 0) is 12.5 Å². The van der Waals surface area contributed by atoms with Crippen molar-refractivity contribution in [1.82, 2.24) is 9.80 Å². The molecular weight excluding hydrogens is 284 g/mol. The molecule has 0 aromatic heterocycles. The van der Waals surface area contributed by atoms with Crippen molar-refractivity contribution in [2.24, 2.45) is 10.8 Å². The molecule has 21 heavy (non-hydrogen) atoms. The number of halogens is 1. The van der Waals surface area contributed by atoms with Gasteiger partial charge >= 0.3 is 0 Å². The van der Waals surface area contributed by atoms with Crippen molar-refractivity contribution in [3.05, 3.63) is 34.9 Å². The minimum atomic E-state index is -0.204. The molecule has 0 N–H and O–H groups in total. The summed E-state index contributed by atoms with van der Waals surface area (Å²) in [5.41, 5.74) is 0.813. The quantitative estimate of drug-likeness (QED) is 0.839. The first-order valence-electron chi connectivity index (χ1n) is 7.77. The second kappa shape index (κ2) is 4.31. The van der Waals surface area contributed by atoms with E-state index in [0.717, 1.165) is 37.6 Å². The van der Waals surface area contributed by atoms with Crippen molar-refractivity contribution < 1.29 is 4.79 Å². The number of hydrogen-bond donors (Lipinski definition) is 0. The fourth-order valence-electron chi connectivity index (χ4n) is 4.85. The van der Waals surface area contributed by atoms with E-state index in [4.69, 9.17) is 11.6 Å². The summed E-state index contributed by atoms with van der Waals surface area (Å²) in [6, 6.07) is 8.12. The highest BCUT2D eigenvalue weighted by Gasteiger charge is 2.63. The molecule has 4 heterocycles. The first kappa shape index (κ1) is 13.7. The monoisotopic (exact) mass is 304 g/mol. The standard InChI is InChI=1S/C17H21ClN2O/c1-3-17-10-19-8-16(2,15(17)21)9-20(11-17)14(19)12-6-4-5-7-13(12)18/h4-7,14H,3,8-11H2,1-2H3. The van der Waals surface area contributed by atoms with E-state index >= 15 is 0 Å². The maximum atomic E-state index is 12.9. The smallest absolute Gasteiger partial charge is 0.150 e. The maximum absolute atomic E-state index is 12.9. The molecule has 4 aliphatic heterocycles. The Balaban J connectivity index is 1.78. The predicted molar refractivity (Wildman–Crippen MR) is 83.2 cm³/mol. The Morgan fingerprint density at radius 2 is 1.81 bits per heavy atom. The van der Waals surface area contributed by atoms with Gasteiger partial charge in [0, 0.05) is 36.8 Å². The molecule has 2 atom stereocenters. The van der Waals surface area contributed by atoms with E-state index < -0.39 is 0 Å². The normalized spacial score (nSPS) is 44.3.